The zero-order valence-electron chi connectivity index (χ0n) is 15.7. The maximum absolute atomic E-state index is 13.2. The molecule has 1 aliphatic rings. The number of methoxy groups -OCH3 is 1. The van der Waals surface area contributed by atoms with Crippen LogP contribution in [0.25, 0.3) is 0 Å². The van der Waals surface area contributed by atoms with Gasteiger partial charge in [0.15, 0.2) is 0 Å². The Morgan fingerprint density at radius 2 is 2.00 bits per heavy atom. The molecule has 1 aliphatic heterocycles. The Hall–Kier alpha value is -2.98. The standard InChI is InChI=1S/C19H18N4O4S2/c1-12-10-13-6-3-4-9-16(13)23(12)29(25,26)19-22-21-18(28-19)20-17(24)14-7-5-8-15(11-14)27-2/h3-9,11-12H,10H2,1-2H3,(H,20,21,24)/t12-/m0/s1. The predicted molar refractivity (Wildman–Crippen MR) is 110 cm³/mol. The van der Waals surface area contributed by atoms with Crippen LogP contribution in [0.3, 0.4) is 0 Å². The fourth-order valence-electron chi connectivity index (χ4n) is 3.29. The molecule has 150 valence electrons. The van der Waals surface area contributed by atoms with Crippen molar-refractivity contribution in [3.05, 3.63) is 59.7 Å². The molecule has 1 N–H and O–H groups in total. The van der Waals surface area contributed by atoms with Gasteiger partial charge in [-0.2, -0.15) is 8.42 Å². The fourth-order valence-corrected chi connectivity index (χ4v) is 5.95. The number of hydrogen-bond acceptors (Lipinski definition) is 7. The lowest BCUT2D eigenvalue weighted by Gasteiger charge is -2.22. The van der Waals surface area contributed by atoms with E-state index in [-0.39, 0.29) is 15.5 Å². The second-order valence-corrected chi connectivity index (χ2v) is 9.51. The van der Waals surface area contributed by atoms with Crippen molar-refractivity contribution in [3.63, 3.8) is 0 Å². The van der Waals surface area contributed by atoms with Crippen molar-refractivity contribution in [1.29, 1.82) is 0 Å². The number of anilines is 2. The van der Waals surface area contributed by atoms with Gasteiger partial charge in [-0.25, -0.2) is 0 Å². The van der Waals surface area contributed by atoms with E-state index in [1.165, 1.54) is 11.4 Å². The van der Waals surface area contributed by atoms with E-state index in [2.05, 4.69) is 15.5 Å². The Bertz CT molecular complexity index is 1180. The van der Waals surface area contributed by atoms with Gasteiger partial charge < -0.3 is 4.74 Å². The first-order valence-corrected chi connectivity index (χ1v) is 11.1. The molecule has 10 heteroatoms. The number of sulfonamides is 1. The average molecular weight is 431 g/mol. The highest BCUT2D eigenvalue weighted by atomic mass is 32.2. The van der Waals surface area contributed by atoms with Gasteiger partial charge in [-0.3, -0.25) is 14.4 Å². The average Bonchev–Trinajstić information content (AvgIpc) is 3.32. The van der Waals surface area contributed by atoms with Gasteiger partial charge in [-0.15, -0.1) is 10.2 Å². The number of nitrogens with zero attached hydrogens (tertiary/aromatic N) is 3. The highest BCUT2D eigenvalue weighted by Crippen LogP contribution is 2.37. The van der Waals surface area contributed by atoms with Gasteiger partial charge in [0.1, 0.15) is 5.75 Å². The van der Waals surface area contributed by atoms with Crippen LogP contribution in [-0.2, 0) is 16.4 Å². The van der Waals surface area contributed by atoms with Crippen LogP contribution < -0.4 is 14.4 Å². The number of carbonyl (C=O) groups is 1. The largest absolute Gasteiger partial charge is 0.497 e. The van der Waals surface area contributed by atoms with Crippen LogP contribution in [0.1, 0.15) is 22.8 Å². The SMILES string of the molecule is COc1cccc(C(=O)Nc2nnc(S(=O)(=O)N3c4ccccc4C[C@@H]3C)s2)c1. The topological polar surface area (TPSA) is 101 Å². The Morgan fingerprint density at radius 1 is 1.21 bits per heavy atom. The van der Waals surface area contributed by atoms with Crippen LogP contribution in [0.5, 0.6) is 5.75 Å². The molecule has 0 unspecified atom stereocenters. The Kier molecular flexibility index (Phi) is 4.97. The molecule has 1 aromatic heterocycles. The number of amides is 1. The molecule has 1 amide bonds. The highest BCUT2D eigenvalue weighted by molar-refractivity contribution is 7.94. The molecule has 0 saturated heterocycles. The molecule has 0 saturated carbocycles. The predicted octanol–water partition coefficient (Wildman–Crippen LogP) is 2.94. The summed E-state index contributed by atoms with van der Waals surface area (Å²) in [7, 11) is -2.37. The molecule has 0 bridgehead atoms. The summed E-state index contributed by atoms with van der Waals surface area (Å²) >= 11 is 0.821. The normalized spacial score (nSPS) is 15.8. The summed E-state index contributed by atoms with van der Waals surface area (Å²) in [4.78, 5) is 12.4. The van der Waals surface area contributed by atoms with Crippen LogP contribution in [-0.4, -0.2) is 37.7 Å². The maximum atomic E-state index is 13.2. The van der Waals surface area contributed by atoms with E-state index in [0.717, 1.165) is 16.9 Å². The van der Waals surface area contributed by atoms with Crippen LogP contribution in [0, 0.1) is 0 Å². The third-order valence-corrected chi connectivity index (χ3v) is 7.70. The number of rotatable bonds is 5. The third kappa shape index (κ3) is 3.56. The molecule has 1 atom stereocenters. The minimum atomic E-state index is -3.88. The number of fused-ring (bicyclic) bond motifs is 1. The van der Waals surface area contributed by atoms with E-state index >= 15 is 0 Å². The van der Waals surface area contributed by atoms with Gasteiger partial charge >= 0.3 is 0 Å². The number of benzene rings is 2. The molecular weight excluding hydrogens is 412 g/mol. The second-order valence-electron chi connectivity index (χ2n) is 6.54. The number of para-hydroxylation sites is 1. The number of carbonyl (C=O) groups excluding carboxylic acids is 1. The van der Waals surface area contributed by atoms with Crippen LogP contribution >= 0.6 is 11.3 Å². The summed E-state index contributed by atoms with van der Waals surface area (Å²) in [6.07, 6.45) is 0.633. The van der Waals surface area contributed by atoms with Gasteiger partial charge in [0.05, 0.1) is 12.8 Å². The monoisotopic (exact) mass is 430 g/mol. The molecule has 2 aromatic carbocycles. The minimum Gasteiger partial charge on any atom is -0.497 e. The lowest BCUT2D eigenvalue weighted by Crippen LogP contribution is -2.35. The molecule has 4 rings (SSSR count). The molecule has 0 spiro atoms. The number of aromatic nitrogens is 2. The van der Waals surface area contributed by atoms with Crippen molar-refractivity contribution in [2.45, 2.75) is 23.7 Å². The van der Waals surface area contributed by atoms with Gasteiger partial charge in [0, 0.05) is 11.6 Å². The van der Waals surface area contributed by atoms with Crippen molar-refractivity contribution in [1.82, 2.24) is 10.2 Å². The van der Waals surface area contributed by atoms with Crippen molar-refractivity contribution >= 4 is 38.1 Å². The lowest BCUT2D eigenvalue weighted by molar-refractivity contribution is 0.102. The summed E-state index contributed by atoms with van der Waals surface area (Å²) in [6, 6.07) is 13.8. The third-order valence-electron chi connectivity index (χ3n) is 4.58. The van der Waals surface area contributed by atoms with Crippen molar-refractivity contribution in [3.8, 4) is 5.75 Å². The van der Waals surface area contributed by atoms with Crippen molar-refractivity contribution in [2.24, 2.45) is 0 Å². The summed E-state index contributed by atoms with van der Waals surface area (Å²) in [5.74, 6) is 0.115. The molecule has 8 nitrogen and oxygen atoms in total. The number of ether oxygens (including phenoxy) is 1. The number of nitrogens with one attached hydrogen (secondary N) is 1. The quantitative estimate of drug-likeness (QED) is 0.625. The Balaban J connectivity index is 1.58. The van der Waals surface area contributed by atoms with Crippen LogP contribution in [0.4, 0.5) is 10.8 Å². The molecule has 0 radical (unpaired) electrons. The van der Waals surface area contributed by atoms with E-state index in [9.17, 15) is 13.2 Å². The molecule has 0 aliphatic carbocycles. The van der Waals surface area contributed by atoms with Gasteiger partial charge in [0.2, 0.25) is 5.13 Å². The van der Waals surface area contributed by atoms with E-state index in [4.69, 9.17) is 4.74 Å². The highest BCUT2D eigenvalue weighted by Gasteiger charge is 2.38. The first kappa shape index (κ1) is 19.3. The van der Waals surface area contributed by atoms with Crippen LogP contribution in [0.15, 0.2) is 52.9 Å². The van der Waals surface area contributed by atoms with Crippen molar-refractivity contribution in [2.75, 3.05) is 16.7 Å². The molecule has 2 heterocycles. The van der Waals surface area contributed by atoms with Gasteiger partial charge in [-0.1, -0.05) is 35.6 Å². The summed E-state index contributed by atoms with van der Waals surface area (Å²) in [5.41, 5.74) is 1.99. The summed E-state index contributed by atoms with van der Waals surface area (Å²) in [6.45, 7) is 1.85. The smallest absolute Gasteiger partial charge is 0.293 e. The summed E-state index contributed by atoms with van der Waals surface area (Å²) < 4.78 is 32.6. The van der Waals surface area contributed by atoms with E-state index in [0.29, 0.717) is 23.4 Å². The van der Waals surface area contributed by atoms with E-state index in [1.54, 1.807) is 36.4 Å². The van der Waals surface area contributed by atoms with Crippen molar-refractivity contribution < 1.29 is 17.9 Å². The number of hydrogen-bond donors (Lipinski definition) is 1. The maximum Gasteiger partial charge on any atom is 0.293 e. The first-order valence-electron chi connectivity index (χ1n) is 8.81. The molecular formula is C19H18N4O4S2. The zero-order chi connectivity index (χ0) is 20.6. The van der Waals surface area contributed by atoms with E-state index < -0.39 is 15.9 Å². The molecule has 3 aromatic rings. The second kappa shape index (κ2) is 7.45. The zero-order valence-corrected chi connectivity index (χ0v) is 17.3. The van der Waals surface area contributed by atoms with Gasteiger partial charge in [0.25, 0.3) is 20.3 Å². The molecule has 29 heavy (non-hydrogen) atoms. The fraction of sp³-hybridized carbons (Fsp3) is 0.211. The van der Waals surface area contributed by atoms with Gasteiger partial charge in [-0.05, 0) is 43.2 Å². The Morgan fingerprint density at radius 3 is 2.79 bits per heavy atom. The Labute approximate surface area is 172 Å². The van der Waals surface area contributed by atoms with Crippen LogP contribution in [0.2, 0.25) is 0 Å². The molecule has 0 fully saturated rings. The minimum absolute atomic E-state index is 0.108. The lowest BCUT2D eigenvalue weighted by atomic mass is 10.1. The van der Waals surface area contributed by atoms with E-state index in [1.807, 2.05) is 19.1 Å². The summed E-state index contributed by atoms with van der Waals surface area (Å²) in [5, 5.41) is 10.4. The first-order chi connectivity index (χ1) is 13.9.